The fourth-order valence-corrected chi connectivity index (χ4v) is 2.53. The van der Waals surface area contributed by atoms with Gasteiger partial charge in [0.15, 0.2) is 5.82 Å². The summed E-state index contributed by atoms with van der Waals surface area (Å²) in [6.07, 6.45) is 4.53. The lowest BCUT2D eigenvalue weighted by Crippen LogP contribution is -2.26. The zero-order chi connectivity index (χ0) is 15.2. The van der Waals surface area contributed by atoms with E-state index < -0.39 is 0 Å². The molecule has 1 aliphatic heterocycles. The maximum Gasteiger partial charge on any atom is 0.234 e. The first-order valence-corrected chi connectivity index (χ1v) is 7.59. The monoisotopic (exact) mass is 299 g/mol. The van der Waals surface area contributed by atoms with E-state index in [1.807, 2.05) is 37.4 Å². The van der Waals surface area contributed by atoms with Gasteiger partial charge in [-0.25, -0.2) is 0 Å². The lowest BCUT2D eigenvalue weighted by Gasteiger charge is -2.21. The molecule has 116 valence electrons. The van der Waals surface area contributed by atoms with Crippen LogP contribution in [0.4, 0.5) is 5.82 Å². The SMILES string of the molecule is CN(CC1CCOC1)c1cncc(OCc2ccccc2)n1. The summed E-state index contributed by atoms with van der Waals surface area (Å²) in [5.74, 6) is 1.95. The highest BCUT2D eigenvalue weighted by Crippen LogP contribution is 2.18. The summed E-state index contributed by atoms with van der Waals surface area (Å²) < 4.78 is 11.1. The molecule has 1 unspecified atom stereocenters. The van der Waals surface area contributed by atoms with Crippen LogP contribution in [0, 0.1) is 5.92 Å². The van der Waals surface area contributed by atoms with Crippen molar-refractivity contribution in [2.24, 2.45) is 5.92 Å². The van der Waals surface area contributed by atoms with Gasteiger partial charge < -0.3 is 14.4 Å². The van der Waals surface area contributed by atoms with Gasteiger partial charge in [0.05, 0.1) is 19.0 Å². The van der Waals surface area contributed by atoms with Gasteiger partial charge in [-0.05, 0) is 12.0 Å². The molecule has 0 aliphatic carbocycles. The second kappa shape index (κ2) is 7.22. The third-order valence-corrected chi connectivity index (χ3v) is 3.78. The summed E-state index contributed by atoms with van der Waals surface area (Å²) in [7, 11) is 2.03. The lowest BCUT2D eigenvalue weighted by molar-refractivity contribution is 0.186. The number of aromatic nitrogens is 2. The Hall–Kier alpha value is -2.14. The summed E-state index contributed by atoms with van der Waals surface area (Å²) in [6.45, 7) is 3.13. The quantitative estimate of drug-likeness (QED) is 0.820. The average molecular weight is 299 g/mol. The summed E-state index contributed by atoms with van der Waals surface area (Å²) >= 11 is 0. The van der Waals surface area contributed by atoms with Crippen molar-refractivity contribution in [3.8, 4) is 5.88 Å². The number of nitrogens with zero attached hydrogens (tertiary/aromatic N) is 3. The molecule has 1 aromatic carbocycles. The molecular weight excluding hydrogens is 278 g/mol. The molecule has 1 fully saturated rings. The number of hydrogen-bond acceptors (Lipinski definition) is 5. The molecule has 0 radical (unpaired) electrons. The van der Waals surface area contributed by atoms with E-state index in [1.165, 1.54) is 0 Å². The molecule has 0 saturated carbocycles. The Bertz CT molecular complexity index is 585. The molecule has 22 heavy (non-hydrogen) atoms. The molecule has 1 aliphatic rings. The molecule has 0 amide bonds. The highest BCUT2D eigenvalue weighted by molar-refractivity contribution is 5.36. The molecule has 3 rings (SSSR count). The van der Waals surface area contributed by atoms with Crippen molar-refractivity contribution in [3.05, 3.63) is 48.3 Å². The predicted octanol–water partition coefficient (Wildman–Crippen LogP) is 2.53. The van der Waals surface area contributed by atoms with Gasteiger partial charge in [0.2, 0.25) is 5.88 Å². The smallest absolute Gasteiger partial charge is 0.234 e. The summed E-state index contributed by atoms with van der Waals surface area (Å²) in [4.78, 5) is 10.9. The van der Waals surface area contributed by atoms with Crippen LogP contribution in [0.5, 0.6) is 5.88 Å². The van der Waals surface area contributed by atoms with Crippen LogP contribution in [-0.4, -0.2) is 36.8 Å². The van der Waals surface area contributed by atoms with Crippen molar-refractivity contribution in [2.45, 2.75) is 13.0 Å². The van der Waals surface area contributed by atoms with E-state index in [9.17, 15) is 0 Å². The number of ether oxygens (including phenoxy) is 2. The third-order valence-electron chi connectivity index (χ3n) is 3.78. The second-order valence-electron chi connectivity index (χ2n) is 5.60. The van der Waals surface area contributed by atoms with Crippen molar-refractivity contribution in [1.29, 1.82) is 0 Å². The van der Waals surface area contributed by atoms with Gasteiger partial charge >= 0.3 is 0 Å². The number of benzene rings is 1. The fraction of sp³-hybridized carbons (Fsp3) is 0.412. The molecule has 2 heterocycles. The van der Waals surface area contributed by atoms with Crippen molar-refractivity contribution in [3.63, 3.8) is 0 Å². The van der Waals surface area contributed by atoms with Gasteiger partial charge in [0.1, 0.15) is 6.61 Å². The maximum absolute atomic E-state index is 5.73. The van der Waals surface area contributed by atoms with Gasteiger partial charge in [-0.2, -0.15) is 4.98 Å². The topological polar surface area (TPSA) is 47.5 Å². The Morgan fingerprint density at radius 2 is 2.14 bits per heavy atom. The first kappa shape index (κ1) is 14.8. The Balaban J connectivity index is 1.59. The molecule has 1 aromatic heterocycles. The van der Waals surface area contributed by atoms with Gasteiger partial charge in [0.25, 0.3) is 0 Å². The van der Waals surface area contributed by atoms with Crippen LogP contribution in [0.25, 0.3) is 0 Å². The summed E-state index contributed by atoms with van der Waals surface area (Å²) in [6, 6.07) is 10.1. The van der Waals surface area contributed by atoms with Gasteiger partial charge in [-0.15, -0.1) is 0 Å². The van der Waals surface area contributed by atoms with Crippen LogP contribution in [0.1, 0.15) is 12.0 Å². The zero-order valence-corrected chi connectivity index (χ0v) is 12.8. The Morgan fingerprint density at radius 3 is 2.91 bits per heavy atom. The molecule has 1 atom stereocenters. The van der Waals surface area contributed by atoms with E-state index in [-0.39, 0.29) is 0 Å². The molecule has 5 nitrogen and oxygen atoms in total. The highest BCUT2D eigenvalue weighted by Gasteiger charge is 2.18. The first-order chi connectivity index (χ1) is 10.8. The van der Waals surface area contributed by atoms with E-state index in [1.54, 1.807) is 12.4 Å². The normalized spacial score (nSPS) is 17.4. The van der Waals surface area contributed by atoms with E-state index in [0.717, 1.165) is 37.6 Å². The Labute approximate surface area is 130 Å². The standard InChI is InChI=1S/C17H21N3O2/c1-20(11-15-7-8-21-12-15)16-9-18-10-17(19-16)22-13-14-5-3-2-4-6-14/h2-6,9-10,15H,7-8,11-13H2,1H3. The van der Waals surface area contributed by atoms with Crippen molar-refractivity contribution in [1.82, 2.24) is 9.97 Å². The minimum Gasteiger partial charge on any atom is -0.472 e. The van der Waals surface area contributed by atoms with Crippen LogP contribution < -0.4 is 9.64 Å². The number of rotatable bonds is 6. The lowest BCUT2D eigenvalue weighted by atomic mass is 10.1. The second-order valence-corrected chi connectivity index (χ2v) is 5.60. The van der Waals surface area contributed by atoms with Crippen LogP contribution in [-0.2, 0) is 11.3 Å². The highest BCUT2D eigenvalue weighted by atomic mass is 16.5. The molecule has 0 bridgehead atoms. The molecule has 0 N–H and O–H groups in total. The average Bonchev–Trinajstić information content (AvgIpc) is 3.07. The van der Waals surface area contributed by atoms with E-state index >= 15 is 0 Å². The Kier molecular flexibility index (Phi) is 4.85. The maximum atomic E-state index is 5.73. The molecule has 1 saturated heterocycles. The fourth-order valence-electron chi connectivity index (χ4n) is 2.53. The summed E-state index contributed by atoms with van der Waals surface area (Å²) in [5, 5.41) is 0. The van der Waals surface area contributed by atoms with Crippen molar-refractivity contribution >= 4 is 5.82 Å². The van der Waals surface area contributed by atoms with Crippen LogP contribution in [0.3, 0.4) is 0 Å². The summed E-state index contributed by atoms with van der Waals surface area (Å²) in [5.41, 5.74) is 1.12. The van der Waals surface area contributed by atoms with Crippen molar-refractivity contribution in [2.75, 3.05) is 31.7 Å². The number of hydrogen-bond donors (Lipinski definition) is 0. The van der Waals surface area contributed by atoms with Crippen LogP contribution in [0.2, 0.25) is 0 Å². The first-order valence-electron chi connectivity index (χ1n) is 7.59. The van der Waals surface area contributed by atoms with E-state index in [4.69, 9.17) is 9.47 Å². The molecule has 0 spiro atoms. The zero-order valence-electron chi connectivity index (χ0n) is 12.8. The van der Waals surface area contributed by atoms with Gasteiger partial charge in [-0.1, -0.05) is 30.3 Å². The molecule has 2 aromatic rings. The molecular formula is C17H21N3O2. The predicted molar refractivity (Wildman–Crippen MR) is 85.0 cm³/mol. The van der Waals surface area contributed by atoms with Crippen molar-refractivity contribution < 1.29 is 9.47 Å². The number of anilines is 1. The minimum atomic E-state index is 0.499. The van der Waals surface area contributed by atoms with Crippen LogP contribution >= 0.6 is 0 Å². The largest absolute Gasteiger partial charge is 0.472 e. The van der Waals surface area contributed by atoms with E-state index in [0.29, 0.717) is 18.4 Å². The van der Waals surface area contributed by atoms with Gasteiger partial charge in [-0.3, -0.25) is 4.98 Å². The van der Waals surface area contributed by atoms with Crippen LogP contribution in [0.15, 0.2) is 42.7 Å². The van der Waals surface area contributed by atoms with E-state index in [2.05, 4.69) is 14.9 Å². The Morgan fingerprint density at radius 1 is 1.27 bits per heavy atom. The minimum absolute atomic E-state index is 0.499. The molecule has 5 heteroatoms. The third kappa shape index (κ3) is 3.95. The van der Waals surface area contributed by atoms with Gasteiger partial charge in [0, 0.05) is 26.1 Å².